The zero-order valence-electron chi connectivity index (χ0n) is 6.63. The highest BCUT2D eigenvalue weighted by Gasteiger charge is 1.81. The molecule has 0 saturated carbocycles. The molecule has 0 aliphatic rings. The fourth-order valence-corrected chi connectivity index (χ4v) is 0.568. The van der Waals surface area contributed by atoms with E-state index in [2.05, 4.69) is 13.0 Å². The molecule has 10 heavy (non-hydrogen) atoms. The Hall–Kier alpha value is -0.850. The van der Waals surface area contributed by atoms with Crippen LogP contribution in [0.15, 0.2) is 23.8 Å². The Morgan fingerprint density at radius 1 is 1.50 bits per heavy atom. The number of hydrogen-bond donors (Lipinski definition) is 0. The molecule has 1 heteroatoms. The van der Waals surface area contributed by atoms with Crippen molar-refractivity contribution < 1.29 is 4.79 Å². The molecule has 0 aromatic heterocycles. The monoisotopic (exact) mass is 138 g/mol. The van der Waals surface area contributed by atoms with Gasteiger partial charge in [0, 0.05) is 6.42 Å². The molecule has 0 aliphatic carbocycles. The van der Waals surface area contributed by atoms with Crippen molar-refractivity contribution in [2.75, 3.05) is 0 Å². The lowest BCUT2D eigenvalue weighted by molar-refractivity contribution is -0.107. The first-order chi connectivity index (χ1) is 4.81. The predicted molar refractivity (Wildman–Crippen MR) is 43.9 cm³/mol. The zero-order chi connectivity index (χ0) is 7.82. The van der Waals surface area contributed by atoms with E-state index in [4.69, 9.17) is 0 Å². The summed E-state index contributed by atoms with van der Waals surface area (Å²) in [7, 11) is 0. The largest absolute Gasteiger partial charge is 0.303 e. The molecule has 0 radical (unpaired) electrons. The molecule has 0 aromatic carbocycles. The molecule has 0 heterocycles. The summed E-state index contributed by atoms with van der Waals surface area (Å²) in [6.45, 7) is 4.04. The van der Waals surface area contributed by atoms with E-state index in [-0.39, 0.29) is 0 Å². The Balaban J connectivity index is 3.67. The molecule has 0 bridgehead atoms. The van der Waals surface area contributed by atoms with Crippen molar-refractivity contribution in [2.45, 2.75) is 26.7 Å². The third-order valence-electron chi connectivity index (χ3n) is 1.16. The van der Waals surface area contributed by atoms with Crippen LogP contribution >= 0.6 is 0 Å². The van der Waals surface area contributed by atoms with E-state index < -0.39 is 0 Å². The van der Waals surface area contributed by atoms with E-state index in [0.717, 1.165) is 18.3 Å². The summed E-state index contributed by atoms with van der Waals surface area (Å²) in [6, 6.07) is 0. The van der Waals surface area contributed by atoms with Gasteiger partial charge in [-0.25, -0.2) is 0 Å². The number of aldehydes is 1. The van der Waals surface area contributed by atoms with E-state index in [1.807, 2.05) is 19.1 Å². The van der Waals surface area contributed by atoms with Gasteiger partial charge in [0.1, 0.15) is 6.29 Å². The van der Waals surface area contributed by atoms with Crippen LogP contribution in [0.5, 0.6) is 0 Å². The Labute approximate surface area is 62.4 Å². The first kappa shape index (κ1) is 9.15. The van der Waals surface area contributed by atoms with Crippen LogP contribution in [-0.2, 0) is 4.79 Å². The summed E-state index contributed by atoms with van der Waals surface area (Å²) in [4.78, 5) is 9.98. The SMILES string of the molecule is CC/C=C\C=C(/C)CC=O. The second kappa shape index (κ2) is 6.27. The highest BCUT2D eigenvalue weighted by molar-refractivity contribution is 5.54. The third kappa shape index (κ3) is 5.29. The minimum absolute atomic E-state index is 0.550. The number of hydrogen-bond acceptors (Lipinski definition) is 1. The minimum Gasteiger partial charge on any atom is -0.303 e. The summed E-state index contributed by atoms with van der Waals surface area (Å²) in [5, 5.41) is 0. The van der Waals surface area contributed by atoms with Crippen molar-refractivity contribution >= 4 is 6.29 Å². The standard InChI is InChI=1S/C9H14O/c1-3-4-5-6-9(2)7-8-10/h4-6,8H,3,7H2,1-2H3/b5-4-,9-6+. The number of rotatable bonds is 4. The molecule has 0 fully saturated rings. The van der Waals surface area contributed by atoms with Gasteiger partial charge in [0.05, 0.1) is 0 Å². The van der Waals surface area contributed by atoms with Gasteiger partial charge in [-0.1, -0.05) is 30.7 Å². The van der Waals surface area contributed by atoms with Crippen molar-refractivity contribution in [2.24, 2.45) is 0 Å². The maximum absolute atomic E-state index is 9.98. The molecule has 0 amide bonds. The van der Waals surface area contributed by atoms with Gasteiger partial charge >= 0.3 is 0 Å². The number of allylic oxidation sites excluding steroid dienone is 4. The van der Waals surface area contributed by atoms with Crippen LogP contribution in [-0.4, -0.2) is 6.29 Å². The van der Waals surface area contributed by atoms with E-state index in [1.54, 1.807) is 0 Å². The van der Waals surface area contributed by atoms with Crippen molar-refractivity contribution in [3.63, 3.8) is 0 Å². The summed E-state index contributed by atoms with van der Waals surface area (Å²) in [6.07, 6.45) is 8.54. The Kier molecular flexibility index (Phi) is 5.74. The van der Waals surface area contributed by atoms with Crippen LogP contribution < -0.4 is 0 Å². The predicted octanol–water partition coefficient (Wildman–Crippen LogP) is 2.49. The second-order valence-corrected chi connectivity index (χ2v) is 2.22. The summed E-state index contributed by atoms with van der Waals surface area (Å²) < 4.78 is 0. The van der Waals surface area contributed by atoms with Crippen molar-refractivity contribution in [3.05, 3.63) is 23.8 Å². The van der Waals surface area contributed by atoms with Crippen LogP contribution in [0.2, 0.25) is 0 Å². The Bertz CT molecular complexity index is 143. The maximum atomic E-state index is 9.98. The van der Waals surface area contributed by atoms with Gasteiger partial charge in [-0.2, -0.15) is 0 Å². The van der Waals surface area contributed by atoms with Gasteiger partial charge in [-0.05, 0) is 13.3 Å². The maximum Gasteiger partial charge on any atom is 0.124 e. The lowest BCUT2D eigenvalue weighted by Gasteiger charge is -1.87. The fraction of sp³-hybridized carbons (Fsp3) is 0.444. The van der Waals surface area contributed by atoms with Crippen LogP contribution in [0, 0.1) is 0 Å². The first-order valence-electron chi connectivity index (χ1n) is 3.57. The quantitative estimate of drug-likeness (QED) is 0.431. The van der Waals surface area contributed by atoms with Gasteiger partial charge in [0.25, 0.3) is 0 Å². The highest BCUT2D eigenvalue weighted by Crippen LogP contribution is 1.96. The van der Waals surface area contributed by atoms with E-state index >= 15 is 0 Å². The molecule has 0 saturated heterocycles. The van der Waals surface area contributed by atoms with Crippen LogP contribution in [0.3, 0.4) is 0 Å². The van der Waals surface area contributed by atoms with Crippen molar-refractivity contribution in [3.8, 4) is 0 Å². The summed E-state index contributed by atoms with van der Waals surface area (Å²) in [5.74, 6) is 0. The van der Waals surface area contributed by atoms with Crippen LogP contribution in [0.25, 0.3) is 0 Å². The summed E-state index contributed by atoms with van der Waals surface area (Å²) >= 11 is 0. The lowest BCUT2D eigenvalue weighted by atomic mass is 10.2. The summed E-state index contributed by atoms with van der Waals surface area (Å²) in [5.41, 5.74) is 1.11. The molecule has 1 nitrogen and oxygen atoms in total. The van der Waals surface area contributed by atoms with E-state index in [0.29, 0.717) is 6.42 Å². The minimum atomic E-state index is 0.550. The van der Waals surface area contributed by atoms with Gasteiger partial charge in [-0.3, -0.25) is 0 Å². The first-order valence-corrected chi connectivity index (χ1v) is 3.57. The molecule has 0 atom stereocenters. The topological polar surface area (TPSA) is 17.1 Å². The molecule has 56 valence electrons. The normalized spacial score (nSPS) is 12.4. The van der Waals surface area contributed by atoms with Gasteiger partial charge in [0.2, 0.25) is 0 Å². The highest BCUT2D eigenvalue weighted by atomic mass is 16.1. The number of carbonyl (C=O) groups excluding carboxylic acids is 1. The average molecular weight is 138 g/mol. The Morgan fingerprint density at radius 3 is 2.70 bits per heavy atom. The molecule has 0 spiro atoms. The molecule has 0 rings (SSSR count). The average Bonchev–Trinajstić information content (AvgIpc) is 1.89. The molecule has 0 aromatic rings. The van der Waals surface area contributed by atoms with Gasteiger partial charge < -0.3 is 4.79 Å². The smallest absolute Gasteiger partial charge is 0.124 e. The van der Waals surface area contributed by atoms with Crippen LogP contribution in [0.4, 0.5) is 0 Å². The van der Waals surface area contributed by atoms with Crippen molar-refractivity contribution in [1.82, 2.24) is 0 Å². The second-order valence-electron chi connectivity index (χ2n) is 2.22. The van der Waals surface area contributed by atoms with Gasteiger partial charge in [0.15, 0.2) is 0 Å². The molecule has 0 N–H and O–H groups in total. The van der Waals surface area contributed by atoms with Gasteiger partial charge in [-0.15, -0.1) is 0 Å². The van der Waals surface area contributed by atoms with Crippen LogP contribution in [0.1, 0.15) is 26.7 Å². The zero-order valence-corrected chi connectivity index (χ0v) is 6.63. The number of carbonyl (C=O) groups is 1. The molecule has 0 unspecified atom stereocenters. The van der Waals surface area contributed by atoms with E-state index in [1.165, 1.54) is 0 Å². The third-order valence-corrected chi connectivity index (χ3v) is 1.16. The lowest BCUT2D eigenvalue weighted by Crippen LogP contribution is -1.75. The molecule has 0 aliphatic heterocycles. The molecular weight excluding hydrogens is 124 g/mol. The molecular formula is C9H14O. The fourth-order valence-electron chi connectivity index (χ4n) is 0.568. The van der Waals surface area contributed by atoms with Crippen molar-refractivity contribution in [1.29, 1.82) is 0 Å². The Morgan fingerprint density at radius 2 is 2.20 bits per heavy atom. The van der Waals surface area contributed by atoms with E-state index in [9.17, 15) is 4.79 Å².